The summed E-state index contributed by atoms with van der Waals surface area (Å²) >= 11 is 6.57. The predicted octanol–water partition coefficient (Wildman–Crippen LogP) is 3.80. The van der Waals surface area contributed by atoms with E-state index < -0.39 is 27.9 Å². The van der Waals surface area contributed by atoms with Gasteiger partial charge in [0.25, 0.3) is 10.1 Å². The maximum absolute atomic E-state index is 11.7. The highest BCUT2D eigenvalue weighted by Gasteiger charge is 2.19. The number of aromatic nitrogens is 1. The Balaban J connectivity index is 2.31. The summed E-state index contributed by atoms with van der Waals surface area (Å²) < 4.78 is 32.0. The minimum atomic E-state index is -4.34. The number of rotatable bonds is 9. The van der Waals surface area contributed by atoms with Gasteiger partial charge in [-0.2, -0.15) is 8.42 Å². The van der Waals surface area contributed by atoms with Crippen LogP contribution in [-0.4, -0.2) is 59.1 Å². The highest BCUT2D eigenvalue weighted by Crippen LogP contribution is 2.30. The molecule has 0 bridgehead atoms. The van der Waals surface area contributed by atoms with Gasteiger partial charge >= 0.3 is 5.97 Å². The van der Waals surface area contributed by atoms with Gasteiger partial charge in [0.05, 0.1) is 16.1 Å². The Labute approximate surface area is 189 Å². The number of likely N-dealkylation sites (N-methyl/N-ethyl adjacent to an activating group) is 1. The van der Waals surface area contributed by atoms with Gasteiger partial charge in [0.2, 0.25) is 0 Å². The molecule has 3 N–H and O–H groups in total. The number of pyridine rings is 1. The number of carboxylic acid groups (broad SMARTS) is 1. The lowest BCUT2D eigenvalue weighted by molar-refractivity contribution is 0.0697. The van der Waals surface area contributed by atoms with Gasteiger partial charge in [0.15, 0.2) is 5.82 Å². The summed E-state index contributed by atoms with van der Waals surface area (Å²) in [4.78, 5) is 17.4. The number of aromatic carboxylic acids is 1. The van der Waals surface area contributed by atoms with Crippen LogP contribution in [-0.2, 0) is 10.1 Å². The molecular formula is C17H18Br2N4O6S. The zero-order chi connectivity index (χ0) is 22.5. The molecule has 0 amide bonds. The van der Waals surface area contributed by atoms with Crippen molar-refractivity contribution >= 4 is 65.1 Å². The number of nitrogens with zero attached hydrogens (tertiary/aromatic N) is 4. The van der Waals surface area contributed by atoms with E-state index in [0.29, 0.717) is 16.7 Å². The van der Waals surface area contributed by atoms with Crippen LogP contribution in [0.2, 0.25) is 0 Å². The van der Waals surface area contributed by atoms with Gasteiger partial charge in [-0.3, -0.25) is 4.55 Å². The van der Waals surface area contributed by atoms with Gasteiger partial charge in [0.1, 0.15) is 11.4 Å². The number of aliphatic hydroxyl groups excluding tert-OH is 1. The van der Waals surface area contributed by atoms with Gasteiger partial charge < -0.3 is 15.1 Å². The van der Waals surface area contributed by atoms with Crippen molar-refractivity contribution in [1.29, 1.82) is 0 Å². The lowest BCUT2D eigenvalue weighted by Gasteiger charge is -2.26. The van der Waals surface area contributed by atoms with E-state index in [1.807, 2.05) is 0 Å². The molecule has 1 aromatic carbocycles. The lowest BCUT2D eigenvalue weighted by Crippen LogP contribution is -2.36. The Morgan fingerprint density at radius 3 is 2.53 bits per heavy atom. The quantitative estimate of drug-likeness (QED) is 0.306. The summed E-state index contributed by atoms with van der Waals surface area (Å²) in [5, 5.41) is 27.4. The third-order valence-electron chi connectivity index (χ3n) is 3.83. The van der Waals surface area contributed by atoms with E-state index >= 15 is 0 Å². The van der Waals surface area contributed by atoms with Crippen molar-refractivity contribution in [2.45, 2.75) is 13.0 Å². The van der Waals surface area contributed by atoms with Crippen molar-refractivity contribution in [2.75, 3.05) is 23.7 Å². The summed E-state index contributed by atoms with van der Waals surface area (Å²) in [5.74, 6) is -1.79. The van der Waals surface area contributed by atoms with Crippen LogP contribution in [0.3, 0.4) is 0 Å². The second kappa shape index (κ2) is 10.4. The summed E-state index contributed by atoms with van der Waals surface area (Å²) in [6.07, 6.45) is 0.172. The first kappa shape index (κ1) is 24.3. The van der Waals surface area contributed by atoms with Crippen molar-refractivity contribution in [3.05, 3.63) is 45.0 Å². The maximum atomic E-state index is 11.7. The van der Waals surface area contributed by atoms with Crippen molar-refractivity contribution < 1.29 is 28.0 Å². The molecule has 2 rings (SSSR count). The molecular weight excluding hydrogens is 548 g/mol. The molecule has 30 heavy (non-hydrogen) atoms. The normalized spacial score (nSPS) is 12.8. The first-order chi connectivity index (χ1) is 14.0. The average molecular weight is 566 g/mol. The van der Waals surface area contributed by atoms with E-state index in [2.05, 4.69) is 47.1 Å². The molecule has 162 valence electrons. The molecule has 0 fully saturated rings. The monoisotopic (exact) mass is 564 g/mol. The summed E-state index contributed by atoms with van der Waals surface area (Å²) in [6, 6.07) is 6.10. The van der Waals surface area contributed by atoms with E-state index in [1.54, 1.807) is 24.0 Å². The third-order valence-corrected chi connectivity index (χ3v) is 5.66. The predicted molar refractivity (Wildman–Crippen MR) is 118 cm³/mol. The van der Waals surface area contributed by atoms with Gasteiger partial charge in [-0.1, -0.05) is 0 Å². The fourth-order valence-corrected chi connectivity index (χ4v) is 4.19. The second-order valence-corrected chi connectivity index (χ2v) is 9.37. The first-order valence-corrected chi connectivity index (χ1v) is 11.7. The van der Waals surface area contributed by atoms with Crippen LogP contribution in [0.25, 0.3) is 0 Å². The third kappa shape index (κ3) is 7.09. The minimum Gasteiger partial charge on any atom is -0.478 e. The number of aliphatic hydroxyl groups is 1. The van der Waals surface area contributed by atoms with Crippen molar-refractivity contribution in [3.63, 3.8) is 0 Å². The molecule has 1 aromatic heterocycles. The standard InChI is InChI=1S/C17H18Br2N4O6S/c1-2-23(8-12(24)9-30(27,28)29)11-3-4-15(13(6-11)17(25)26)21-22-16-14(19)5-10(18)7-20-16/h3-7,12,24H,2,8-9H2,1H3,(H,25,26)(H,27,28,29). The summed E-state index contributed by atoms with van der Waals surface area (Å²) in [5.41, 5.74) is 0.399. The average Bonchev–Trinajstić information content (AvgIpc) is 2.64. The van der Waals surface area contributed by atoms with E-state index in [9.17, 15) is 23.4 Å². The summed E-state index contributed by atoms with van der Waals surface area (Å²) in [6.45, 7) is 2.00. The Kier molecular flexibility index (Phi) is 8.43. The smallest absolute Gasteiger partial charge is 0.338 e. The van der Waals surface area contributed by atoms with Crippen molar-refractivity contribution in [1.82, 2.24) is 4.98 Å². The molecule has 0 saturated carbocycles. The van der Waals surface area contributed by atoms with Gasteiger partial charge in [0, 0.05) is 29.4 Å². The second-order valence-electron chi connectivity index (χ2n) is 6.11. The molecule has 0 radical (unpaired) electrons. The zero-order valence-electron chi connectivity index (χ0n) is 15.6. The number of hydrogen-bond donors (Lipinski definition) is 3. The fraction of sp³-hybridized carbons (Fsp3) is 0.294. The Morgan fingerprint density at radius 2 is 1.97 bits per heavy atom. The molecule has 0 saturated heterocycles. The molecule has 2 aromatic rings. The topological polar surface area (TPSA) is 153 Å². The number of anilines is 1. The van der Waals surface area contributed by atoms with Crippen molar-refractivity contribution in [2.24, 2.45) is 10.2 Å². The SMILES string of the molecule is CCN(CC(O)CS(=O)(=O)O)c1ccc(N=Nc2ncc(Br)cc2Br)c(C(=O)O)c1. The van der Waals surface area contributed by atoms with Crippen LogP contribution in [0.15, 0.2) is 49.6 Å². The Morgan fingerprint density at radius 1 is 1.27 bits per heavy atom. The van der Waals surface area contributed by atoms with Crippen LogP contribution >= 0.6 is 31.9 Å². The molecule has 10 nitrogen and oxygen atoms in total. The highest BCUT2D eigenvalue weighted by molar-refractivity contribution is 9.11. The molecule has 0 aliphatic carbocycles. The molecule has 1 atom stereocenters. The van der Waals surface area contributed by atoms with Crippen LogP contribution in [0, 0.1) is 0 Å². The van der Waals surface area contributed by atoms with Crippen molar-refractivity contribution in [3.8, 4) is 0 Å². The Hall–Kier alpha value is -1.93. The number of benzene rings is 1. The first-order valence-electron chi connectivity index (χ1n) is 8.48. The van der Waals surface area contributed by atoms with Gasteiger partial charge in [-0.25, -0.2) is 9.78 Å². The molecule has 1 heterocycles. The maximum Gasteiger partial charge on any atom is 0.338 e. The van der Waals surface area contributed by atoms with E-state index in [1.165, 1.54) is 18.3 Å². The summed E-state index contributed by atoms with van der Waals surface area (Å²) in [7, 11) is -4.34. The number of carboxylic acids is 1. The number of carbonyl (C=O) groups is 1. The molecule has 0 aliphatic heterocycles. The lowest BCUT2D eigenvalue weighted by atomic mass is 10.1. The minimum absolute atomic E-state index is 0.0948. The molecule has 0 spiro atoms. The Bertz CT molecular complexity index is 1060. The van der Waals surface area contributed by atoms with Crippen LogP contribution in [0.4, 0.5) is 17.2 Å². The molecule has 13 heteroatoms. The number of azo groups is 1. The molecule has 1 unspecified atom stereocenters. The fourth-order valence-electron chi connectivity index (χ4n) is 2.53. The zero-order valence-corrected chi connectivity index (χ0v) is 19.6. The van der Waals surface area contributed by atoms with Crippen LogP contribution in [0.5, 0.6) is 0 Å². The van der Waals surface area contributed by atoms with E-state index in [0.717, 1.165) is 4.47 Å². The van der Waals surface area contributed by atoms with E-state index in [4.69, 9.17) is 4.55 Å². The van der Waals surface area contributed by atoms with Crippen LogP contribution < -0.4 is 4.90 Å². The van der Waals surface area contributed by atoms with Gasteiger partial charge in [-0.05, 0) is 63.0 Å². The van der Waals surface area contributed by atoms with Gasteiger partial charge in [-0.15, -0.1) is 10.2 Å². The highest BCUT2D eigenvalue weighted by atomic mass is 79.9. The largest absolute Gasteiger partial charge is 0.478 e. The number of halogens is 2. The molecule has 0 aliphatic rings. The number of hydrogen-bond acceptors (Lipinski definition) is 8. The van der Waals surface area contributed by atoms with Crippen LogP contribution in [0.1, 0.15) is 17.3 Å². The van der Waals surface area contributed by atoms with E-state index in [-0.39, 0.29) is 23.6 Å².